The van der Waals surface area contributed by atoms with E-state index < -0.39 is 7.12 Å². The molecule has 0 radical (unpaired) electrons. The predicted octanol–water partition coefficient (Wildman–Crippen LogP) is -1.89. The number of aryl methyl sites for hydroxylation is 1. The first-order valence-corrected chi connectivity index (χ1v) is 3.09. The summed E-state index contributed by atoms with van der Waals surface area (Å²) in [6.45, 7) is 0. The molecule has 0 aliphatic carbocycles. The van der Waals surface area contributed by atoms with Crippen molar-refractivity contribution < 1.29 is 14.8 Å². The van der Waals surface area contributed by atoms with Crippen LogP contribution >= 0.6 is 0 Å². The van der Waals surface area contributed by atoms with Gasteiger partial charge in [-0.25, -0.2) is 0 Å². The molecule has 1 aromatic rings. The molecule has 0 atom stereocenters. The highest BCUT2D eigenvalue weighted by atomic mass is 16.5. The fourth-order valence-corrected chi connectivity index (χ4v) is 0.878. The lowest BCUT2D eigenvalue weighted by Crippen LogP contribution is -2.36. The Kier molecular flexibility index (Phi) is 2.16. The molecule has 0 aliphatic heterocycles. The van der Waals surface area contributed by atoms with Crippen molar-refractivity contribution in [3.05, 3.63) is 6.20 Å². The molecule has 0 aromatic carbocycles. The van der Waals surface area contributed by atoms with Crippen LogP contribution in [0.4, 0.5) is 0 Å². The lowest BCUT2D eigenvalue weighted by atomic mass is 9.85. The molecule has 0 amide bonds. The van der Waals surface area contributed by atoms with Gasteiger partial charge < -0.3 is 14.8 Å². The summed E-state index contributed by atoms with van der Waals surface area (Å²) in [6, 6.07) is 0. The Bertz CT molecular complexity index is 248. The van der Waals surface area contributed by atoms with E-state index in [1.54, 1.807) is 7.05 Å². The van der Waals surface area contributed by atoms with Crippen molar-refractivity contribution in [3.8, 4) is 5.75 Å². The second-order valence-corrected chi connectivity index (χ2v) is 2.10. The largest absolute Gasteiger partial charge is 0.511 e. The standard InChI is InChI=1S/C5H9BN2O3/c1-8-5(6(9)10)4(11-2)3-7-8/h3,9-10H,1-2H3. The minimum absolute atomic E-state index is 0.257. The first-order chi connectivity index (χ1) is 5.16. The monoisotopic (exact) mass is 156 g/mol. The molecule has 0 saturated carbocycles. The first-order valence-electron chi connectivity index (χ1n) is 3.09. The third-order valence-electron chi connectivity index (χ3n) is 1.41. The third-order valence-corrected chi connectivity index (χ3v) is 1.41. The molecule has 0 unspecified atom stereocenters. The molecule has 0 spiro atoms. The third kappa shape index (κ3) is 1.36. The van der Waals surface area contributed by atoms with E-state index in [1.807, 2.05) is 0 Å². The molecule has 0 saturated heterocycles. The summed E-state index contributed by atoms with van der Waals surface area (Å²) < 4.78 is 6.17. The maximum Gasteiger partial charge on any atom is 0.511 e. The molecule has 0 bridgehead atoms. The Balaban J connectivity index is 3.07. The van der Waals surface area contributed by atoms with Gasteiger partial charge in [0.1, 0.15) is 5.59 Å². The van der Waals surface area contributed by atoms with Crippen molar-refractivity contribution in [2.24, 2.45) is 7.05 Å². The summed E-state index contributed by atoms with van der Waals surface area (Å²) in [5.74, 6) is 0.377. The Morgan fingerprint density at radius 2 is 2.27 bits per heavy atom. The molecule has 60 valence electrons. The second kappa shape index (κ2) is 2.94. The van der Waals surface area contributed by atoms with Crippen LogP contribution in [0.1, 0.15) is 0 Å². The van der Waals surface area contributed by atoms with Crippen LogP contribution in [0.3, 0.4) is 0 Å². The topological polar surface area (TPSA) is 67.5 Å². The molecule has 2 N–H and O–H groups in total. The maximum absolute atomic E-state index is 8.82. The van der Waals surface area contributed by atoms with E-state index in [4.69, 9.17) is 14.8 Å². The van der Waals surface area contributed by atoms with Gasteiger partial charge in [-0.2, -0.15) is 5.10 Å². The average molecular weight is 156 g/mol. The van der Waals surface area contributed by atoms with E-state index in [9.17, 15) is 0 Å². The maximum atomic E-state index is 8.82. The summed E-state index contributed by atoms with van der Waals surface area (Å²) >= 11 is 0. The van der Waals surface area contributed by atoms with Crippen LogP contribution < -0.4 is 10.3 Å². The zero-order valence-corrected chi connectivity index (χ0v) is 6.35. The van der Waals surface area contributed by atoms with E-state index >= 15 is 0 Å². The van der Waals surface area contributed by atoms with Gasteiger partial charge in [0.2, 0.25) is 0 Å². The van der Waals surface area contributed by atoms with Gasteiger partial charge in [-0.3, -0.25) is 4.68 Å². The molecule has 1 rings (SSSR count). The lowest BCUT2D eigenvalue weighted by Gasteiger charge is -2.01. The van der Waals surface area contributed by atoms with E-state index in [0.717, 1.165) is 0 Å². The van der Waals surface area contributed by atoms with Crippen LogP contribution in [0.5, 0.6) is 5.75 Å². The summed E-state index contributed by atoms with van der Waals surface area (Å²) in [5.41, 5.74) is 0.257. The second-order valence-electron chi connectivity index (χ2n) is 2.10. The van der Waals surface area contributed by atoms with Crippen molar-refractivity contribution >= 4 is 12.7 Å². The van der Waals surface area contributed by atoms with Gasteiger partial charge in [0.25, 0.3) is 0 Å². The minimum Gasteiger partial charge on any atom is -0.494 e. The van der Waals surface area contributed by atoms with Crippen LogP contribution in [0.25, 0.3) is 0 Å². The van der Waals surface area contributed by atoms with E-state index in [1.165, 1.54) is 18.0 Å². The molecule has 0 aliphatic rings. The molecule has 11 heavy (non-hydrogen) atoms. The molecular weight excluding hydrogens is 147 g/mol. The number of aromatic nitrogens is 2. The van der Waals surface area contributed by atoms with Gasteiger partial charge >= 0.3 is 7.12 Å². The highest BCUT2D eigenvalue weighted by molar-refractivity contribution is 6.58. The van der Waals surface area contributed by atoms with E-state index in [-0.39, 0.29) is 5.59 Å². The van der Waals surface area contributed by atoms with Crippen molar-refractivity contribution in [1.82, 2.24) is 9.78 Å². The highest BCUT2D eigenvalue weighted by Crippen LogP contribution is 2.03. The zero-order valence-electron chi connectivity index (χ0n) is 6.35. The summed E-state index contributed by atoms with van der Waals surface area (Å²) in [4.78, 5) is 0. The number of hydrogen-bond donors (Lipinski definition) is 2. The zero-order chi connectivity index (χ0) is 8.43. The molecule has 0 fully saturated rings. The van der Waals surface area contributed by atoms with Gasteiger partial charge in [-0.05, 0) is 0 Å². The Hall–Kier alpha value is -1.01. The van der Waals surface area contributed by atoms with Crippen molar-refractivity contribution in [3.63, 3.8) is 0 Å². The Morgan fingerprint density at radius 3 is 2.64 bits per heavy atom. The SMILES string of the molecule is COc1cnn(C)c1B(O)O. The van der Waals surface area contributed by atoms with E-state index in [2.05, 4.69) is 5.10 Å². The summed E-state index contributed by atoms with van der Waals surface area (Å²) in [6.07, 6.45) is 1.43. The van der Waals surface area contributed by atoms with Crippen LogP contribution in [0.15, 0.2) is 6.20 Å². The number of ether oxygens (including phenoxy) is 1. The lowest BCUT2D eigenvalue weighted by molar-refractivity contribution is 0.401. The fourth-order valence-electron chi connectivity index (χ4n) is 0.878. The molecular formula is C5H9BN2O3. The quantitative estimate of drug-likeness (QED) is 0.491. The van der Waals surface area contributed by atoms with Gasteiger partial charge in [0, 0.05) is 7.05 Å². The summed E-state index contributed by atoms with van der Waals surface area (Å²) in [7, 11) is 1.51. The van der Waals surface area contributed by atoms with Crippen molar-refractivity contribution in [2.45, 2.75) is 0 Å². The van der Waals surface area contributed by atoms with Crippen molar-refractivity contribution in [1.29, 1.82) is 0 Å². The van der Waals surface area contributed by atoms with Gasteiger partial charge in [-0.15, -0.1) is 0 Å². The average Bonchev–Trinajstić information content (AvgIpc) is 2.30. The minimum atomic E-state index is -1.54. The van der Waals surface area contributed by atoms with Gasteiger partial charge in [-0.1, -0.05) is 0 Å². The van der Waals surface area contributed by atoms with Gasteiger partial charge in [0.15, 0.2) is 5.75 Å². The van der Waals surface area contributed by atoms with Crippen molar-refractivity contribution in [2.75, 3.05) is 7.11 Å². The fraction of sp³-hybridized carbons (Fsp3) is 0.400. The van der Waals surface area contributed by atoms with Crippen LogP contribution in [0, 0.1) is 0 Å². The van der Waals surface area contributed by atoms with Crippen LogP contribution in [0.2, 0.25) is 0 Å². The number of nitrogens with zero attached hydrogens (tertiary/aromatic N) is 2. The highest BCUT2D eigenvalue weighted by Gasteiger charge is 2.21. The Morgan fingerprint density at radius 1 is 1.64 bits per heavy atom. The normalized spacial score (nSPS) is 9.82. The first kappa shape index (κ1) is 8.09. The molecule has 5 nitrogen and oxygen atoms in total. The molecule has 6 heteroatoms. The molecule has 1 aromatic heterocycles. The number of methoxy groups -OCH3 is 1. The van der Waals surface area contributed by atoms with E-state index in [0.29, 0.717) is 5.75 Å². The van der Waals surface area contributed by atoms with Crippen LogP contribution in [-0.2, 0) is 7.05 Å². The molecule has 1 heterocycles. The smallest absolute Gasteiger partial charge is 0.494 e. The predicted molar refractivity (Wildman–Crippen MR) is 39.6 cm³/mol. The summed E-state index contributed by atoms with van der Waals surface area (Å²) in [5, 5.41) is 21.4. The van der Waals surface area contributed by atoms with Gasteiger partial charge in [0.05, 0.1) is 13.3 Å². The number of hydrogen-bond acceptors (Lipinski definition) is 4. The Labute approximate surface area is 64.4 Å². The number of rotatable bonds is 2. The van der Waals surface area contributed by atoms with Crippen LogP contribution in [-0.4, -0.2) is 34.1 Å².